The van der Waals surface area contributed by atoms with E-state index in [1.54, 1.807) is 12.1 Å². The Morgan fingerprint density at radius 3 is 2.14 bits per heavy atom. The quantitative estimate of drug-likeness (QED) is 0.238. The largest absolute Gasteiger partial charge is 0.394 e. The van der Waals surface area contributed by atoms with Crippen LogP contribution in [0.2, 0.25) is 0 Å². The molecule has 0 radical (unpaired) electrons. The van der Waals surface area contributed by atoms with Crippen molar-refractivity contribution >= 4 is 5.91 Å². The maximum atomic E-state index is 13.8. The van der Waals surface area contributed by atoms with Crippen molar-refractivity contribution in [2.24, 2.45) is 5.73 Å². The molecule has 7 nitrogen and oxygen atoms in total. The fourth-order valence-electron chi connectivity index (χ4n) is 4.81. The summed E-state index contributed by atoms with van der Waals surface area (Å²) < 4.78 is 15.8. The predicted molar refractivity (Wildman–Crippen MR) is 141 cm³/mol. The predicted octanol–water partition coefficient (Wildman–Crippen LogP) is 3.82. The third kappa shape index (κ3) is 6.84. The van der Waals surface area contributed by atoms with Crippen molar-refractivity contribution in [1.29, 1.82) is 0 Å². The van der Waals surface area contributed by atoms with Gasteiger partial charge in [-0.1, -0.05) is 44.2 Å². The fraction of sp³-hybridized carbons (Fsp3) is 0.414. The van der Waals surface area contributed by atoms with Gasteiger partial charge >= 0.3 is 0 Å². The van der Waals surface area contributed by atoms with Crippen molar-refractivity contribution in [2.45, 2.75) is 70.3 Å². The first-order valence-corrected chi connectivity index (χ1v) is 12.7. The van der Waals surface area contributed by atoms with Crippen molar-refractivity contribution < 1.29 is 29.6 Å². The van der Waals surface area contributed by atoms with Crippen LogP contribution in [0.3, 0.4) is 0 Å². The average Bonchev–Trinajstić information content (AvgIpc) is 3.23. The maximum Gasteiger partial charge on any atom is 0.251 e. The van der Waals surface area contributed by atoms with Crippen molar-refractivity contribution in [3.8, 4) is 22.4 Å². The smallest absolute Gasteiger partial charge is 0.251 e. The lowest BCUT2D eigenvalue weighted by atomic mass is 9.93. The Morgan fingerprint density at radius 1 is 0.946 bits per heavy atom. The molecule has 0 saturated heterocycles. The second-order valence-electron chi connectivity index (χ2n) is 9.59. The highest BCUT2D eigenvalue weighted by molar-refractivity contribution is 6.05. The van der Waals surface area contributed by atoms with Crippen molar-refractivity contribution in [1.82, 2.24) is 4.57 Å². The van der Waals surface area contributed by atoms with Crippen molar-refractivity contribution in [3.05, 3.63) is 71.7 Å². The highest BCUT2D eigenvalue weighted by Gasteiger charge is 2.30. The molecule has 200 valence electrons. The summed E-state index contributed by atoms with van der Waals surface area (Å²) in [7, 11) is 0. The van der Waals surface area contributed by atoms with Gasteiger partial charge in [0.1, 0.15) is 5.82 Å². The minimum Gasteiger partial charge on any atom is -0.394 e. The molecule has 8 heteroatoms. The molecule has 2 aromatic carbocycles. The van der Waals surface area contributed by atoms with E-state index in [-0.39, 0.29) is 31.0 Å². The van der Waals surface area contributed by atoms with E-state index in [1.165, 1.54) is 12.1 Å². The lowest BCUT2D eigenvalue weighted by Gasteiger charge is -2.21. The molecule has 0 aliphatic carbocycles. The molecule has 0 fully saturated rings. The monoisotopic (exact) mass is 512 g/mol. The van der Waals surface area contributed by atoms with Gasteiger partial charge in [0.05, 0.1) is 36.2 Å². The van der Waals surface area contributed by atoms with E-state index < -0.39 is 30.8 Å². The number of primary amides is 1. The van der Waals surface area contributed by atoms with Crippen molar-refractivity contribution in [3.63, 3.8) is 0 Å². The molecule has 1 amide bonds. The minimum absolute atomic E-state index is 0.0249. The fourth-order valence-corrected chi connectivity index (χ4v) is 4.81. The molecule has 0 saturated carbocycles. The van der Waals surface area contributed by atoms with E-state index in [9.17, 15) is 24.5 Å². The van der Waals surface area contributed by atoms with Gasteiger partial charge in [-0.05, 0) is 60.6 Å². The van der Waals surface area contributed by atoms with Crippen molar-refractivity contribution in [2.75, 3.05) is 6.61 Å². The molecular formula is C29H37FN2O5. The molecule has 1 heterocycles. The lowest BCUT2D eigenvalue weighted by molar-refractivity contribution is 0.0161. The number of nitrogens with zero attached hydrogens (tertiary/aromatic N) is 1. The Balaban J connectivity index is 2.14. The molecule has 3 rings (SSSR count). The zero-order valence-electron chi connectivity index (χ0n) is 21.3. The molecule has 4 atom stereocenters. The Kier molecular flexibility index (Phi) is 10.00. The lowest BCUT2D eigenvalue weighted by Crippen LogP contribution is -2.25. The molecular weight excluding hydrogens is 475 g/mol. The van der Waals surface area contributed by atoms with Crippen LogP contribution < -0.4 is 5.73 Å². The second kappa shape index (κ2) is 13.0. The number of nitrogens with two attached hydrogens (primary N) is 1. The van der Waals surface area contributed by atoms with Crippen LogP contribution in [0.15, 0.2) is 54.6 Å². The number of halogens is 1. The summed E-state index contributed by atoms with van der Waals surface area (Å²) >= 11 is 0. The molecule has 0 aliphatic rings. The summed E-state index contributed by atoms with van der Waals surface area (Å²) in [5, 5.41) is 39.5. The van der Waals surface area contributed by atoms with E-state index in [0.29, 0.717) is 28.9 Å². The van der Waals surface area contributed by atoms with Crippen LogP contribution in [0.1, 0.15) is 61.5 Å². The van der Waals surface area contributed by atoms with Gasteiger partial charge in [-0.15, -0.1) is 0 Å². The van der Waals surface area contributed by atoms with E-state index in [4.69, 9.17) is 10.8 Å². The molecule has 37 heavy (non-hydrogen) atoms. The summed E-state index contributed by atoms with van der Waals surface area (Å²) in [6.07, 6.45) is -1.95. The van der Waals surface area contributed by atoms with Crippen LogP contribution in [0, 0.1) is 5.82 Å². The number of hydrogen-bond donors (Lipinski definition) is 5. The number of carbonyl (C=O) groups excluding carboxylic acids is 1. The Hall–Kier alpha value is -3.04. The number of amides is 1. The SMILES string of the molecule is CCC(C)c1c(C(N)=O)c(-c2ccccc2)c(-c2ccc(F)cc2)n1CC[C@@H](O)C[C@@H](O)C[C@H](O)CO. The molecule has 0 spiro atoms. The molecule has 1 unspecified atom stereocenters. The van der Waals surface area contributed by atoms with Gasteiger partial charge in [-0.2, -0.15) is 0 Å². The van der Waals surface area contributed by atoms with Gasteiger partial charge in [0.2, 0.25) is 0 Å². The van der Waals surface area contributed by atoms with Crippen LogP contribution in [0.5, 0.6) is 0 Å². The summed E-state index contributed by atoms with van der Waals surface area (Å²) in [5.41, 5.74) is 10.00. The first-order valence-electron chi connectivity index (χ1n) is 12.7. The molecule has 1 aromatic heterocycles. The third-order valence-electron chi connectivity index (χ3n) is 6.79. The number of carbonyl (C=O) groups is 1. The second-order valence-corrected chi connectivity index (χ2v) is 9.59. The van der Waals surface area contributed by atoms with Gasteiger partial charge in [0.15, 0.2) is 0 Å². The van der Waals surface area contributed by atoms with Gasteiger partial charge in [0.25, 0.3) is 5.91 Å². The van der Waals surface area contributed by atoms with Crippen LogP contribution in [-0.2, 0) is 6.54 Å². The molecule has 3 aromatic rings. The summed E-state index contributed by atoms with van der Waals surface area (Å²) in [6.45, 7) is 3.88. The maximum absolute atomic E-state index is 13.8. The zero-order valence-corrected chi connectivity index (χ0v) is 21.3. The number of hydrogen-bond acceptors (Lipinski definition) is 5. The van der Waals surface area contributed by atoms with Crippen LogP contribution in [-0.4, -0.2) is 55.8 Å². The minimum atomic E-state index is -1.06. The van der Waals surface area contributed by atoms with Crippen LogP contribution >= 0.6 is 0 Å². The third-order valence-corrected chi connectivity index (χ3v) is 6.79. The molecule has 0 aliphatic heterocycles. The summed E-state index contributed by atoms with van der Waals surface area (Å²) in [5.74, 6) is -0.985. The van der Waals surface area contributed by atoms with E-state index in [0.717, 1.165) is 17.7 Å². The highest BCUT2D eigenvalue weighted by atomic mass is 19.1. The first-order chi connectivity index (χ1) is 17.7. The Labute approximate surface area is 217 Å². The van der Waals surface area contributed by atoms with E-state index in [1.807, 2.05) is 48.7 Å². The van der Waals surface area contributed by atoms with Gasteiger partial charge in [-0.3, -0.25) is 4.79 Å². The number of aliphatic hydroxyl groups excluding tert-OH is 4. The van der Waals surface area contributed by atoms with Gasteiger partial charge in [-0.25, -0.2) is 4.39 Å². The van der Waals surface area contributed by atoms with Gasteiger partial charge in [0, 0.05) is 24.2 Å². The summed E-state index contributed by atoms with van der Waals surface area (Å²) in [4.78, 5) is 12.9. The number of benzene rings is 2. The van der Waals surface area contributed by atoms with E-state index >= 15 is 0 Å². The topological polar surface area (TPSA) is 129 Å². The standard InChI is InChI=1S/C29H37FN2O5/c1-3-18(2)27-26(29(31)37)25(19-7-5-4-6-8-19)28(20-9-11-21(30)12-10-20)32(27)14-13-22(34)15-23(35)16-24(36)17-33/h4-12,18,22-24,33-36H,3,13-17H2,1-2H3,(H2,31,37)/t18?,22-,23-,24+/m1/s1. The zero-order chi connectivity index (χ0) is 27.1. The average molecular weight is 513 g/mol. The number of rotatable bonds is 13. The Bertz CT molecular complexity index is 1160. The molecule has 0 bridgehead atoms. The normalized spacial score (nSPS) is 14.8. The Morgan fingerprint density at radius 2 is 1.57 bits per heavy atom. The van der Waals surface area contributed by atoms with Crippen LogP contribution in [0.4, 0.5) is 4.39 Å². The van der Waals surface area contributed by atoms with Gasteiger partial charge < -0.3 is 30.7 Å². The first kappa shape index (κ1) is 28.5. The molecule has 6 N–H and O–H groups in total. The number of aromatic nitrogens is 1. The number of aliphatic hydroxyl groups is 4. The summed E-state index contributed by atoms with van der Waals surface area (Å²) in [6, 6.07) is 15.5. The van der Waals surface area contributed by atoms with E-state index in [2.05, 4.69) is 0 Å². The highest BCUT2D eigenvalue weighted by Crippen LogP contribution is 2.42. The van der Waals surface area contributed by atoms with Crippen LogP contribution in [0.25, 0.3) is 22.4 Å².